The number of benzene rings is 1. The number of hydrogen-bond donors (Lipinski definition) is 2. The van der Waals surface area contributed by atoms with Crippen LogP contribution in [0.1, 0.15) is 6.42 Å². The van der Waals surface area contributed by atoms with Crippen LogP contribution >= 0.6 is 0 Å². The molecule has 20 heavy (non-hydrogen) atoms. The molecule has 0 bridgehead atoms. The van der Waals surface area contributed by atoms with E-state index in [9.17, 15) is 13.6 Å². The fourth-order valence-corrected chi connectivity index (χ4v) is 1.96. The summed E-state index contributed by atoms with van der Waals surface area (Å²) < 4.78 is 37.0. The van der Waals surface area contributed by atoms with Gasteiger partial charge < -0.3 is 20.1 Å². The number of nitrogens with one attached hydrogen (secondary N) is 2. The maximum absolute atomic E-state index is 13.7. The van der Waals surface area contributed by atoms with Gasteiger partial charge in [-0.3, -0.25) is 4.79 Å². The Morgan fingerprint density at radius 3 is 2.95 bits per heavy atom. The predicted octanol–water partition coefficient (Wildman–Crippen LogP) is 1.29. The quantitative estimate of drug-likeness (QED) is 0.875. The fourth-order valence-electron chi connectivity index (χ4n) is 1.96. The van der Waals surface area contributed by atoms with Gasteiger partial charge in [-0.05, 0) is 0 Å². The van der Waals surface area contributed by atoms with Crippen LogP contribution in [-0.2, 0) is 9.53 Å². The number of ether oxygens (including phenoxy) is 2. The van der Waals surface area contributed by atoms with E-state index in [-0.39, 0.29) is 23.9 Å². The molecule has 1 heterocycles. The van der Waals surface area contributed by atoms with E-state index >= 15 is 0 Å². The van der Waals surface area contributed by atoms with Crippen molar-refractivity contribution in [3.8, 4) is 5.75 Å². The van der Waals surface area contributed by atoms with Crippen LogP contribution in [0.2, 0.25) is 0 Å². The minimum Gasteiger partial charge on any atom is -0.494 e. The molecular weight excluding hydrogens is 270 g/mol. The summed E-state index contributed by atoms with van der Waals surface area (Å²) in [6.07, 6.45) is 0.132. The highest BCUT2D eigenvalue weighted by atomic mass is 19.1. The number of halogens is 2. The van der Waals surface area contributed by atoms with Crippen LogP contribution in [0.4, 0.5) is 14.5 Å². The number of hydrogen-bond acceptors (Lipinski definition) is 4. The third kappa shape index (κ3) is 3.64. The molecule has 7 heteroatoms. The van der Waals surface area contributed by atoms with Crippen molar-refractivity contribution in [2.75, 3.05) is 32.2 Å². The first-order chi connectivity index (χ1) is 9.60. The Morgan fingerprint density at radius 1 is 1.50 bits per heavy atom. The summed E-state index contributed by atoms with van der Waals surface area (Å²) in [5.41, 5.74) is -0.204. The van der Waals surface area contributed by atoms with Crippen molar-refractivity contribution in [2.24, 2.45) is 0 Å². The van der Waals surface area contributed by atoms with Crippen molar-refractivity contribution < 1.29 is 23.0 Å². The van der Waals surface area contributed by atoms with Crippen LogP contribution in [0.25, 0.3) is 0 Å². The third-order valence-electron chi connectivity index (χ3n) is 2.95. The summed E-state index contributed by atoms with van der Waals surface area (Å²) in [6, 6.07) is 1.68. The molecule has 0 radical (unpaired) electrons. The van der Waals surface area contributed by atoms with Gasteiger partial charge in [0.05, 0.1) is 26.0 Å². The second kappa shape index (κ2) is 6.62. The molecule has 0 saturated carbocycles. The minimum atomic E-state index is -0.746. The van der Waals surface area contributed by atoms with Gasteiger partial charge in [0, 0.05) is 31.1 Å². The summed E-state index contributed by atoms with van der Waals surface area (Å²) >= 11 is 0. The van der Waals surface area contributed by atoms with Gasteiger partial charge in [-0.1, -0.05) is 0 Å². The second-order valence-corrected chi connectivity index (χ2v) is 4.44. The zero-order valence-electron chi connectivity index (χ0n) is 11.0. The summed E-state index contributed by atoms with van der Waals surface area (Å²) in [6.45, 7) is 1.70. The number of anilines is 1. The molecule has 1 saturated heterocycles. The molecule has 1 aromatic carbocycles. The molecule has 1 aliphatic heterocycles. The summed E-state index contributed by atoms with van der Waals surface area (Å²) in [7, 11) is 1.24. The molecule has 0 spiro atoms. The lowest BCUT2D eigenvalue weighted by Gasteiger charge is -2.23. The molecule has 1 fully saturated rings. The number of morpholine rings is 1. The van der Waals surface area contributed by atoms with Crippen LogP contribution in [0, 0.1) is 11.6 Å². The first-order valence-electron chi connectivity index (χ1n) is 6.24. The number of methoxy groups -OCH3 is 1. The zero-order chi connectivity index (χ0) is 14.5. The average Bonchev–Trinajstić information content (AvgIpc) is 2.43. The van der Waals surface area contributed by atoms with Crippen molar-refractivity contribution in [3.05, 3.63) is 23.8 Å². The van der Waals surface area contributed by atoms with Crippen molar-refractivity contribution in [1.29, 1.82) is 0 Å². The van der Waals surface area contributed by atoms with E-state index in [2.05, 4.69) is 15.4 Å². The van der Waals surface area contributed by atoms with Gasteiger partial charge in [-0.15, -0.1) is 0 Å². The maximum atomic E-state index is 13.7. The Morgan fingerprint density at radius 2 is 2.30 bits per heavy atom. The molecule has 5 nitrogen and oxygen atoms in total. The molecule has 0 aromatic heterocycles. The fraction of sp³-hybridized carbons (Fsp3) is 0.462. The van der Waals surface area contributed by atoms with Crippen LogP contribution in [0.5, 0.6) is 5.75 Å². The van der Waals surface area contributed by atoms with Gasteiger partial charge in [0.15, 0.2) is 17.4 Å². The minimum absolute atomic E-state index is 0.116. The third-order valence-corrected chi connectivity index (χ3v) is 2.95. The summed E-state index contributed by atoms with van der Waals surface area (Å²) in [5.74, 6) is -2.09. The van der Waals surface area contributed by atoms with Crippen LogP contribution in [-0.4, -0.2) is 38.8 Å². The Kier molecular flexibility index (Phi) is 4.86. The molecule has 1 amide bonds. The Balaban J connectivity index is 1.98. The molecule has 110 valence electrons. The van der Waals surface area contributed by atoms with E-state index in [4.69, 9.17) is 4.74 Å². The number of carbonyl (C=O) groups excluding carboxylic acids is 1. The maximum Gasteiger partial charge on any atom is 0.226 e. The SMILES string of the molecule is COc1cc(F)c(NC(=O)CC2COCCN2)cc1F. The van der Waals surface area contributed by atoms with Gasteiger partial charge in [0.25, 0.3) is 0 Å². The highest BCUT2D eigenvalue weighted by molar-refractivity contribution is 5.91. The molecule has 2 N–H and O–H groups in total. The van der Waals surface area contributed by atoms with Gasteiger partial charge in [0.1, 0.15) is 0 Å². The molecule has 1 atom stereocenters. The van der Waals surface area contributed by atoms with E-state index in [0.29, 0.717) is 19.8 Å². The van der Waals surface area contributed by atoms with Crippen molar-refractivity contribution >= 4 is 11.6 Å². The van der Waals surface area contributed by atoms with Gasteiger partial charge >= 0.3 is 0 Å². The topological polar surface area (TPSA) is 59.6 Å². The van der Waals surface area contributed by atoms with E-state index in [1.54, 1.807) is 0 Å². The van der Waals surface area contributed by atoms with Crippen molar-refractivity contribution in [1.82, 2.24) is 5.32 Å². The smallest absolute Gasteiger partial charge is 0.226 e. The first-order valence-corrected chi connectivity index (χ1v) is 6.24. The van der Waals surface area contributed by atoms with E-state index in [1.165, 1.54) is 7.11 Å². The normalized spacial score (nSPS) is 18.6. The Labute approximate surface area is 115 Å². The summed E-state index contributed by atoms with van der Waals surface area (Å²) in [5, 5.41) is 5.45. The number of carbonyl (C=O) groups is 1. The number of amides is 1. The standard InChI is InChI=1S/C13H16F2N2O3/c1-19-12-6-9(14)11(5-10(12)15)17-13(18)4-8-7-20-3-2-16-8/h5-6,8,16H,2-4,7H2,1H3,(H,17,18). The monoisotopic (exact) mass is 286 g/mol. The predicted molar refractivity (Wildman–Crippen MR) is 68.8 cm³/mol. The average molecular weight is 286 g/mol. The second-order valence-electron chi connectivity index (χ2n) is 4.44. The lowest BCUT2D eigenvalue weighted by Crippen LogP contribution is -2.43. The van der Waals surface area contributed by atoms with Crippen LogP contribution < -0.4 is 15.4 Å². The molecular formula is C13H16F2N2O3. The van der Waals surface area contributed by atoms with Gasteiger partial charge in [0.2, 0.25) is 5.91 Å². The first kappa shape index (κ1) is 14.7. The van der Waals surface area contributed by atoms with Crippen LogP contribution in [0.3, 0.4) is 0 Å². The Bertz CT molecular complexity index is 491. The number of rotatable bonds is 4. The molecule has 2 rings (SSSR count). The lowest BCUT2D eigenvalue weighted by atomic mass is 10.2. The largest absolute Gasteiger partial charge is 0.494 e. The van der Waals surface area contributed by atoms with Gasteiger partial charge in [-0.25, -0.2) is 8.78 Å². The molecule has 0 aliphatic carbocycles. The zero-order valence-corrected chi connectivity index (χ0v) is 11.0. The van der Waals surface area contributed by atoms with Crippen LogP contribution in [0.15, 0.2) is 12.1 Å². The Hall–Kier alpha value is -1.73. The summed E-state index contributed by atoms with van der Waals surface area (Å²) in [4.78, 5) is 11.8. The highest BCUT2D eigenvalue weighted by Crippen LogP contribution is 2.24. The molecule has 1 aliphatic rings. The lowest BCUT2D eigenvalue weighted by molar-refractivity contribution is -0.117. The van der Waals surface area contributed by atoms with Crippen molar-refractivity contribution in [3.63, 3.8) is 0 Å². The highest BCUT2D eigenvalue weighted by Gasteiger charge is 2.18. The van der Waals surface area contributed by atoms with E-state index < -0.39 is 17.5 Å². The van der Waals surface area contributed by atoms with E-state index in [0.717, 1.165) is 12.1 Å². The molecule has 1 unspecified atom stereocenters. The van der Waals surface area contributed by atoms with Gasteiger partial charge in [-0.2, -0.15) is 0 Å². The molecule has 1 aromatic rings. The van der Waals surface area contributed by atoms with Crippen molar-refractivity contribution in [2.45, 2.75) is 12.5 Å². The van der Waals surface area contributed by atoms with E-state index in [1.807, 2.05) is 0 Å².